The highest BCUT2D eigenvalue weighted by atomic mass is 35.5. The zero-order valence-corrected chi connectivity index (χ0v) is 23.2. The second kappa shape index (κ2) is 10.8. The third-order valence-electron chi connectivity index (χ3n) is 8.11. The molecule has 36 heavy (non-hydrogen) atoms. The number of hydrogen-bond donors (Lipinski definition) is 1. The fourth-order valence-corrected chi connectivity index (χ4v) is 7.79. The molecule has 1 aliphatic carbocycles. The third kappa shape index (κ3) is 5.55. The summed E-state index contributed by atoms with van der Waals surface area (Å²) in [4.78, 5) is 17.4. The molecular weight excluding hydrogens is 502 g/mol. The van der Waals surface area contributed by atoms with Gasteiger partial charge in [-0.25, -0.2) is 13.2 Å². The van der Waals surface area contributed by atoms with Crippen molar-refractivity contribution in [1.29, 1.82) is 0 Å². The van der Waals surface area contributed by atoms with Gasteiger partial charge in [-0.1, -0.05) is 31.4 Å². The number of amides is 1. The van der Waals surface area contributed by atoms with Crippen LogP contribution in [0.15, 0.2) is 29.2 Å². The smallest absolute Gasteiger partial charge is 0.410 e. The zero-order chi connectivity index (χ0) is 26.1. The van der Waals surface area contributed by atoms with E-state index in [2.05, 4.69) is 11.8 Å². The molecule has 1 amide bonds. The molecule has 4 rings (SSSR count). The van der Waals surface area contributed by atoms with Gasteiger partial charge >= 0.3 is 6.09 Å². The maximum Gasteiger partial charge on any atom is 0.410 e. The quantitative estimate of drug-likeness (QED) is 0.532. The van der Waals surface area contributed by atoms with Gasteiger partial charge in [-0.05, 0) is 70.2 Å². The van der Waals surface area contributed by atoms with Gasteiger partial charge in [-0.3, -0.25) is 4.90 Å². The van der Waals surface area contributed by atoms with Gasteiger partial charge in [-0.2, -0.15) is 4.31 Å². The molecule has 1 saturated carbocycles. The van der Waals surface area contributed by atoms with Crippen LogP contribution in [0, 0.1) is 0 Å². The maximum absolute atomic E-state index is 13.9. The molecular formula is C26H40ClN3O5S. The Morgan fingerprint density at radius 1 is 1.14 bits per heavy atom. The van der Waals surface area contributed by atoms with Crippen molar-refractivity contribution in [2.75, 3.05) is 32.8 Å². The topological polar surface area (TPSA) is 90.4 Å². The summed E-state index contributed by atoms with van der Waals surface area (Å²) in [6.07, 6.45) is 5.04. The molecule has 2 aliphatic heterocycles. The van der Waals surface area contributed by atoms with Crippen LogP contribution in [0.25, 0.3) is 0 Å². The summed E-state index contributed by atoms with van der Waals surface area (Å²) >= 11 is 6.02. The van der Waals surface area contributed by atoms with Crippen molar-refractivity contribution in [1.82, 2.24) is 14.1 Å². The van der Waals surface area contributed by atoms with Crippen molar-refractivity contribution in [2.45, 2.75) is 93.8 Å². The highest BCUT2D eigenvalue weighted by Crippen LogP contribution is 2.50. The standard InChI is InChI=1S/C26H40ClN3O5S/c1-4-6-21-7-5-8-23(30(21)36(33,34)22-11-9-20(27)10-12-22)26(13-14-26)35-24(32)28-15-17-29(18-16-28)25(2,3)19-31/h9-12,21,23,31H,4-8,13-19H2,1-3H3/t21-,23-/m1/s1. The first-order valence-electron chi connectivity index (χ1n) is 13.2. The molecule has 2 atom stereocenters. The third-order valence-corrected chi connectivity index (χ3v) is 10.3. The van der Waals surface area contributed by atoms with E-state index in [0.29, 0.717) is 50.5 Å². The Balaban J connectivity index is 1.53. The summed E-state index contributed by atoms with van der Waals surface area (Å²) in [5.74, 6) is 0. The molecule has 1 N–H and O–H groups in total. The Kier molecular flexibility index (Phi) is 8.27. The molecule has 0 bridgehead atoms. The van der Waals surface area contributed by atoms with Crippen molar-refractivity contribution in [2.24, 2.45) is 0 Å². The number of aliphatic hydroxyl groups excluding tert-OH is 1. The number of piperidine rings is 1. The van der Waals surface area contributed by atoms with Crippen LogP contribution in [0.2, 0.25) is 5.02 Å². The lowest BCUT2D eigenvalue weighted by atomic mass is 9.91. The maximum atomic E-state index is 13.9. The van der Waals surface area contributed by atoms with Crippen LogP contribution in [-0.4, -0.2) is 89.7 Å². The van der Waals surface area contributed by atoms with Gasteiger partial charge in [0.15, 0.2) is 0 Å². The summed E-state index contributed by atoms with van der Waals surface area (Å²) < 4.78 is 35.7. The highest BCUT2D eigenvalue weighted by molar-refractivity contribution is 7.89. The predicted molar refractivity (Wildman–Crippen MR) is 140 cm³/mol. The van der Waals surface area contributed by atoms with Gasteiger partial charge in [0.1, 0.15) is 5.60 Å². The lowest BCUT2D eigenvalue weighted by Gasteiger charge is -2.45. The average Bonchev–Trinajstić information content (AvgIpc) is 3.65. The number of carbonyl (C=O) groups is 1. The number of ether oxygens (including phenoxy) is 1. The van der Waals surface area contributed by atoms with Crippen LogP contribution in [0.1, 0.15) is 65.7 Å². The Hall–Kier alpha value is -1.39. The van der Waals surface area contributed by atoms with Crippen LogP contribution in [-0.2, 0) is 14.8 Å². The van der Waals surface area contributed by atoms with Gasteiger partial charge in [0.2, 0.25) is 10.0 Å². The number of rotatable bonds is 8. The molecule has 1 aromatic carbocycles. The van der Waals surface area contributed by atoms with Gasteiger partial charge in [0.05, 0.1) is 17.5 Å². The molecule has 1 aromatic rings. The van der Waals surface area contributed by atoms with Crippen LogP contribution >= 0.6 is 11.6 Å². The van der Waals surface area contributed by atoms with E-state index < -0.39 is 15.6 Å². The van der Waals surface area contributed by atoms with Crippen LogP contribution in [0.4, 0.5) is 4.79 Å². The molecule has 0 radical (unpaired) electrons. The number of hydrogen-bond acceptors (Lipinski definition) is 6. The predicted octanol–water partition coefficient (Wildman–Crippen LogP) is 4.11. The largest absolute Gasteiger partial charge is 0.441 e. The Bertz CT molecular complexity index is 1020. The van der Waals surface area contributed by atoms with E-state index in [1.165, 1.54) is 0 Å². The molecule has 10 heteroatoms. The van der Waals surface area contributed by atoms with Gasteiger partial charge < -0.3 is 14.7 Å². The molecule has 0 aromatic heterocycles. The number of nitrogens with zero attached hydrogens (tertiary/aromatic N) is 3. The molecule has 3 aliphatic rings. The van der Waals surface area contributed by atoms with E-state index in [1.54, 1.807) is 33.5 Å². The molecule has 3 fully saturated rings. The number of aliphatic hydroxyl groups is 1. The normalized spacial score (nSPS) is 25.5. The van der Waals surface area contributed by atoms with Crippen molar-refractivity contribution in [3.63, 3.8) is 0 Å². The molecule has 0 unspecified atom stereocenters. The van der Waals surface area contributed by atoms with Crippen molar-refractivity contribution < 1.29 is 23.1 Å². The van der Waals surface area contributed by atoms with Crippen LogP contribution in [0.5, 0.6) is 0 Å². The van der Waals surface area contributed by atoms with Crippen LogP contribution < -0.4 is 0 Å². The minimum atomic E-state index is -3.79. The molecule has 8 nitrogen and oxygen atoms in total. The first kappa shape index (κ1) is 27.6. The van der Waals surface area contributed by atoms with Crippen LogP contribution in [0.3, 0.4) is 0 Å². The van der Waals surface area contributed by atoms with E-state index >= 15 is 0 Å². The van der Waals surface area contributed by atoms with E-state index in [9.17, 15) is 18.3 Å². The summed E-state index contributed by atoms with van der Waals surface area (Å²) in [5.41, 5.74) is -1.11. The molecule has 2 saturated heterocycles. The van der Waals surface area contributed by atoms with E-state index in [-0.39, 0.29) is 35.2 Å². The monoisotopic (exact) mass is 541 g/mol. The number of carbonyl (C=O) groups excluding carboxylic acids is 1. The number of benzene rings is 1. The van der Waals surface area contributed by atoms with E-state index in [4.69, 9.17) is 16.3 Å². The Labute approximate surface area is 220 Å². The van der Waals surface area contributed by atoms with Gasteiger partial charge in [-0.15, -0.1) is 0 Å². The van der Waals surface area contributed by atoms with Gasteiger partial charge in [0.25, 0.3) is 0 Å². The molecule has 202 valence electrons. The second-order valence-corrected chi connectivity index (χ2v) is 13.3. The Morgan fingerprint density at radius 2 is 1.78 bits per heavy atom. The summed E-state index contributed by atoms with van der Waals surface area (Å²) in [6.45, 7) is 8.48. The first-order valence-corrected chi connectivity index (χ1v) is 15.0. The van der Waals surface area contributed by atoms with Crippen molar-refractivity contribution in [3.8, 4) is 0 Å². The fourth-order valence-electron chi connectivity index (χ4n) is 5.71. The minimum absolute atomic E-state index is 0.0547. The SMILES string of the molecule is CCC[C@@H]1CCC[C@H](C2(OC(=O)N3CCN(C(C)(C)CO)CC3)CC2)N1S(=O)(=O)c1ccc(Cl)cc1. The molecule has 2 heterocycles. The Morgan fingerprint density at radius 3 is 2.33 bits per heavy atom. The number of halogens is 1. The van der Waals surface area contributed by atoms with E-state index in [1.807, 2.05) is 13.8 Å². The highest BCUT2D eigenvalue weighted by Gasteiger charge is 2.59. The lowest BCUT2D eigenvalue weighted by Crippen LogP contribution is -2.59. The summed E-state index contributed by atoms with van der Waals surface area (Å²) in [6, 6.07) is 5.84. The fraction of sp³-hybridized carbons (Fsp3) is 0.731. The lowest BCUT2D eigenvalue weighted by molar-refractivity contribution is -0.0248. The van der Waals surface area contributed by atoms with Crippen molar-refractivity contribution >= 4 is 27.7 Å². The zero-order valence-electron chi connectivity index (χ0n) is 21.7. The number of sulfonamides is 1. The summed E-state index contributed by atoms with van der Waals surface area (Å²) in [7, 11) is -3.79. The summed E-state index contributed by atoms with van der Waals surface area (Å²) in [5, 5.41) is 10.2. The second-order valence-electron chi connectivity index (χ2n) is 11.1. The van der Waals surface area contributed by atoms with Gasteiger partial charge in [0, 0.05) is 42.8 Å². The van der Waals surface area contributed by atoms with Crippen molar-refractivity contribution in [3.05, 3.63) is 29.3 Å². The first-order chi connectivity index (χ1) is 17.0. The number of piperazine rings is 1. The minimum Gasteiger partial charge on any atom is -0.441 e. The van der Waals surface area contributed by atoms with E-state index in [0.717, 1.165) is 25.7 Å². The molecule has 0 spiro atoms. The average molecular weight is 542 g/mol.